The van der Waals surface area contributed by atoms with Crippen LogP contribution in [0.2, 0.25) is 0 Å². The number of amides is 1. The molecule has 1 aromatic heterocycles. The Bertz CT molecular complexity index is 617. The fraction of sp³-hybridized carbons (Fsp3) is 0.200. The van der Waals surface area contributed by atoms with E-state index in [9.17, 15) is 4.79 Å². The molecule has 5 heteroatoms. The smallest absolute Gasteiger partial charge is 0.249 e. The van der Waals surface area contributed by atoms with Crippen molar-refractivity contribution in [3.63, 3.8) is 0 Å². The van der Waals surface area contributed by atoms with Crippen LogP contribution in [0.3, 0.4) is 0 Å². The van der Waals surface area contributed by atoms with Gasteiger partial charge in [0, 0.05) is 23.4 Å². The number of aromatic nitrogens is 2. The largest absolute Gasteiger partial charge is 0.493 e. The van der Waals surface area contributed by atoms with E-state index < -0.39 is 0 Å². The van der Waals surface area contributed by atoms with Crippen molar-refractivity contribution in [1.82, 2.24) is 10.2 Å². The highest BCUT2D eigenvalue weighted by Crippen LogP contribution is 2.19. The second-order valence-electron chi connectivity index (χ2n) is 4.23. The molecule has 5 nitrogen and oxygen atoms in total. The van der Waals surface area contributed by atoms with Gasteiger partial charge in [-0.15, -0.1) is 0 Å². The summed E-state index contributed by atoms with van der Waals surface area (Å²) in [5, 5.41) is 9.38. The summed E-state index contributed by atoms with van der Waals surface area (Å²) in [7, 11) is 0. The van der Waals surface area contributed by atoms with Gasteiger partial charge in [0.25, 0.3) is 0 Å². The lowest BCUT2D eigenvalue weighted by atomic mass is 10.2. The minimum absolute atomic E-state index is 0.234. The number of nitrogens with one attached hydrogen (secondary N) is 2. The first-order chi connectivity index (χ1) is 9.69. The number of ether oxygens (including phenoxy) is 1. The number of hydrogen-bond donors (Lipinski definition) is 2. The summed E-state index contributed by atoms with van der Waals surface area (Å²) in [4.78, 5) is 11.8. The monoisotopic (exact) mass is 271 g/mol. The molecule has 20 heavy (non-hydrogen) atoms. The zero-order valence-electron chi connectivity index (χ0n) is 11.5. The molecule has 0 aliphatic heterocycles. The van der Waals surface area contributed by atoms with Crippen molar-refractivity contribution in [2.75, 3.05) is 11.9 Å². The lowest BCUT2D eigenvalue weighted by molar-refractivity contribution is -0.111. The highest BCUT2D eigenvalue weighted by Gasteiger charge is 2.02. The third-order valence-corrected chi connectivity index (χ3v) is 2.59. The van der Waals surface area contributed by atoms with Gasteiger partial charge in [-0.25, -0.2) is 0 Å². The van der Waals surface area contributed by atoms with Crippen molar-refractivity contribution >= 4 is 17.8 Å². The van der Waals surface area contributed by atoms with Crippen LogP contribution >= 0.6 is 0 Å². The molecule has 0 unspecified atom stereocenters. The lowest BCUT2D eigenvalue weighted by Gasteiger charge is -2.06. The standard InChI is InChI=1S/C15H17N3O2/c1-3-20-13-7-5-4-6-12(13)8-9-15(19)16-14-10-11(2)17-18-14/h4-10H,3H2,1-2H3,(H2,16,17,18,19). The van der Waals surface area contributed by atoms with Crippen LogP contribution in [0, 0.1) is 6.92 Å². The summed E-state index contributed by atoms with van der Waals surface area (Å²) in [6.45, 7) is 4.38. The van der Waals surface area contributed by atoms with Gasteiger partial charge in [-0.2, -0.15) is 5.10 Å². The van der Waals surface area contributed by atoms with Gasteiger partial charge in [-0.3, -0.25) is 9.89 Å². The molecule has 2 rings (SSSR count). The molecule has 0 spiro atoms. The van der Waals surface area contributed by atoms with Crippen molar-refractivity contribution < 1.29 is 9.53 Å². The Morgan fingerprint density at radius 3 is 2.95 bits per heavy atom. The lowest BCUT2D eigenvalue weighted by Crippen LogP contribution is -2.08. The van der Waals surface area contributed by atoms with Gasteiger partial charge in [0.1, 0.15) is 5.75 Å². The summed E-state index contributed by atoms with van der Waals surface area (Å²) < 4.78 is 5.49. The Hall–Kier alpha value is -2.56. The average molecular weight is 271 g/mol. The molecule has 0 bridgehead atoms. The molecule has 0 aliphatic rings. The Kier molecular flexibility index (Phi) is 4.55. The summed E-state index contributed by atoms with van der Waals surface area (Å²) in [6, 6.07) is 9.33. The zero-order chi connectivity index (χ0) is 14.4. The predicted molar refractivity (Wildman–Crippen MR) is 78.6 cm³/mol. The van der Waals surface area contributed by atoms with Gasteiger partial charge in [0.2, 0.25) is 5.91 Å². The minimum Gasteiger partial charge on any atom is -0.493 e. The number of aromatic amines is 1. The summed E-state index contributed by atoms with van der Waals surface area (Å²) >= 11 is 0. The van der Waals surface area contributed by atoms with E-state index in [1.54, 1.807) is 12.1 Å². The SMILES string of the molecule is CCOc1ccccc1C=CC(=O)Nc1cc(C)[nH]n1. The maximum absolute atomic E-state index is 11.8. The van der Waals surface area contributed by atoms with E-state index in [1.807, 2.05) is 38.1 Å². The first kappa shape index (κ1) is 13.9. The fourth-order valence-electron chi connectivity index (χ4n) is 1.72. The topological polar surface area (TPSA) is 67.0 Å². The molecular weight excluding hydrogens is 254 g/mol. The highest BCUT2D eigenvalue weighted by atomic mass is 16.5. The number of benzene rings is 1. The summed E-state index contributed by atoms with van der Waals surface area (Å²) in [6.07, 6.45) is 3.18. The maximum atomic E-state index is 11.8. The van der Waals surface area contributed by atoms with E-state index in [0.29, 0.717) is 12.4 Å². The number of hydrogen-bond acceptors (Lipinski definition) is 3. The van der Waals surface area contributed by atoms with Crippen molar-refractivity contribution in [3.8, 4) is 5.75 Å². The molecule has 0 saturated heterocycles. The van der Waals surface area contributed by atoms with Gasteiger partial charge in [-0.1, -0.05) is 18.2 Å². The average Bonchev–Trinajstić information content (AvgIpc) is 2.83. The highest BCUT2D eigenvalue weighted by molar-refractivity contribution is 6.01. The predicted octanol–water partition coefficient (Wildman–Crippen LogP) is 2.77. The van der Waals surface area contributed by atoms with Crippen molar-refractivity contribution in [2.45, 2.75) is 13.8 Å². The quantitative estimate of drug-likeness (QED) is 0.822. The number of H-pyrrole nitrogens is 1. The van der Waals surface area contributed by atoms with Crippen LogP contribution in [0.5, 0.6) is 5.75 Å². The maximum Gasteiger partial charge on any atom is 0.249 e. The molecule has 1 aromatic carbocycles. The molecule has 0 saturated carbocycles. The first-order valence-corrected chi connectivity index (χ1v) is 6.42. The zero-order valence-corrected chi connectivity index (χ0v) is 11.5. The van der Waals surface area contributed by atoms with E-state index in [1.165, 1.54) is 6.08 Å². The number of aryl methyl sites for hydroxylation is 1. The van der Waals surface area contributed by atoms with Crippen LogP contribution in [0.25, 0.3) is 6.08 Å². The van der Waals surface area contributed by atoms with Gasteiger partial charge in [-0.05, 0) is 26.0 Å². The van der Waals surface area contributed by atoms with E-state index in [4.69, 9.17) is 4.74 Å². The third kappa shape index (κ3) is 3.71. The Morgan fingerprint density at radius 1 is 1.45 bits per heavy atom. The molecular formula is C15H17N3O2. The van der Waals surface area contributed by atoms with Gasteiger partial charge in [0.05, 0.1) is 6.61 Å². The first-order valence-electron chi connectivity index (χ1n) is 6.42. The molecule has 1 amide bonds. The van der Waals surface area contributed by atoms with Crippen molar-refractivity contribution in [1.29, 1.82) is 0 Å². The number of carbonyl (C=O) groups is 1. The van der Waals surface area contributed by atoms with E-state index in [2.05, 4.69) is 15.5 Å². The molecule has 2 N–H and O–H groups in total. The minimum atomic E-state index is -0.234. The number of nitrogens with zero attached hydrogens (tertiary/aromatic N) is 1. The van der Waals surface area contributed by atoms with Crippen LogP contribution in [0.4, 0.5) is 5.82 Å². The van der Waals surface area contributed by atoms with Crippen LogP contribution < -0.4 is 10.1 Å². The molecule has 0 fully saturated rings. The van der Waals surface area contributed by atoms with Crippen LogP contribution in [-0.4, -0.2) is 22.7 Å². The molecule has 104 valence electrons. The number of para-hydroxylation sites is 1. The van der Waals surface area contributed by atoms with Crippen LogP contribution in [0.15, 0.2) is 36.4 Å². The normalized spacial score (nSPS) is 10.7. The second-order valence-corrected chi connectivity index (χ2v) is 4.23. The third-order valence-electron chi connectivity index (χ3n) is 2.59. The fourth-order valence-corrected chi connectivity index (χ4v) is 1.72. The van der Waals surface area contributed by atoms with Gasteiger partial charge < -0.3 is 10.1 Å². The number of anilines is 1. The Balaban J connectivity index is 2.03. The number of rotatable bonds is 5. The van der Waals surface area contributed by atoms with E-state index >= 15 is 0 Å². The second kappa shape index (κ2) is 6.56. The Morgan fingerprint density at radius 2 is 2.25 bits per heavy atom. The molecule has 1 heterocycles. The summed E-state index contributed by atoms with van der Waals surface area (Å²) in [5.41, 5.74) is 1.76. The number of carbonyl (C=O) groups excluding carboxylic acids is 1. The van der Waals surface area contributed by atoms with E-state index in [0.717, 1.165) is 17.0 Å². The Labute approximate surface area is 117 Å². The van der Waals surface area contributed by atoms with Crippen molar-refractivity contribution in [3.05, 3.63) is 47.7 Å². The molecule has 0 aliphatic carbocycles. The van der Waals surface area contributed by atoms with Gasteiger partial charge >= 0.3 is 0 Å². The molecule has 0 radical (unpaired) electrons. The molecule has 0 atom stereocenters. The molecule has 2 aromatic rings. The van der Waals surface area contributed by atoms with Crippen LogP contribution in [0.1, 0.15) is 18.2 Å². The van der Waals surface area contributed by atoms with Gasteiger partial charge in [0.15, 0.2) is 5.82 Å². The van der Waals surface area contributed by atoms with Crippen LogP contribution in [-0.2, 0) is 4.79 Å². The van der Waals surface area contributed by atoms with Crippen molar-refractivity contribution in [2.24, 2.45) is 0 Å². The summed E-state index contributed by atoms with van der Waals surface area (Å²) in [5.74, 6) is 1.03. The van der Waals surface area contributed by atoms with E-state index in [-0.39, 0.29) is 5.91 Å².